The van der Waals surface area contributed by atoms with E-state index < -0.39 is 23.3 Å². The monoisotopic (exact) mass is 624 g/mol. The molecule has 2 aromatic carbocycles. The summed E-state index contributed by atoms with van der Waals surface area (Å²) in [5.41, 5.74) is 0.0966. The van der Waals surface area contributed by atoms with Gasteiger partial charge < -0.3 is 20.1 Å². The highest BCUT2D eigenvalue weighted by molar-refractivity contribution is 6.37. The van der Waals surface area contributed by atoms with Crippen LogP contribution in [-0.2, 0) is 0 Å². The van der Waals surface area contributed by atoms with Crippen LogP contribution in [0.5, 0.6) is 11.8 Å². The van der Waals surface area contributed by atoms with Crippen LogP contribution in [0, 0.1) is 18.6 Å². The van der Waals surface area contributed by atoms with E-state index in [1.54, 1.807) is 6.92 Å². The molecule has 44 heavy (non-hydrogen) atoms. The van der Waals surface area contributed by atoms with Crippen molar-refractivity contribution in [3.05, 3.63) is 46.6 Å². The van der Waals surface area contributed by atoms with Crippen LogP contribution in [0.1, 0.15) is 37.8 Å². The molecule has 4 atom stereocenters. The van der Waals surface area contributed by atoms with Gasteiger partial charge in [0.25, 0.3) is 0 Å². The number of nitrogens with one attached hydrogen (secondary N) is 1. The molecule has 2 aromatic heterocycles. The maximum absolute atomic E-state index is 16.8. The van der Waals surface area contributed by atoms with E-state index in [1.165, 1.54) is 24.3 Å². The highest BCUT2D eigenvalue weighted by Crippen LogP contribution is 2.43. The number of rotatable bonds is 5. The Bertz CT molecular complexity index is 1820. The number of alkyl halides is 1. The molecule has 4 aromatic rings. The second-order valence-electron chi connectivity index (χ2n) is 12.8. The number of aromatic hydroxyl groups is 1. The van der Waals surface area contributed by atoms with Crippen LogP contribution in [0.3, 0.4) is 0 Å². The molecule has 4 fully saturated rings. The van der Waals surface area contributed by atoms with E-state index in [9.17, 15) is 13.9 Å². The summed E-state index contributed by atoms with van der Waals surface area (Å²) in [7, 11) is 0. The Kier molecular flexibility index (Phi) is 6.59. The van der Waals surface area contributed by atoms with Crippen LogP contribution in [0.2, 0.25) is 5.02 Å². The summed E-state index contributed by atoms with van der Waals surface area (Å²) >= 11 is 6.39. The van der Waals surface area contributed by atoms with Crippen molar-refractivity contribution in [1.29, 1.82) is 0 Å². The number of aryl methyl sites for hydroxylation is 1. The molecule has 8 nitrogen and oxygen atoms in total. The van der Waals surface area contributed by atoms with Crippen molar-refractivity contribution < 1.29 is 23.0 Å². The van der Waals surface area contributed by atoms with Crippen LogP contribution < -0.4 is 15.0 Å². The Labute approximate surface area is 257 Å². The van der Waals surface area contributed by atoms with Crippen LogP contribution in [0.25, 0.3) is 32.9 Å². The molecule has 230 valence electrons. The number of benzene rings is 2. The van der Waals surface area contributed by atoms with Crippen molar-refractivity contribution in [2.24, 2.45) is 0 Å². The van der Waals surface area contributed by atoms with E-state index in [-0.39, 0.29) is 45.5 Å². The van der Waals surface area contributed by atoms with Crippen molar-refractivity contribution >= 4 is 39.1 Å². The van der Waals surface area contributed by atoms with Gasteiger partial charge in [0, 0.05) is 49.1 Å². The number of aromatic nitrogens is 3. The largest absolute Gasteiger partial charge is 0.508 e. The first-order chi connectivity index (χ1) is 21.2. The molecule has 4 aliphatic heterocycles. The molecule has 0 amide bonds. The fourth-order valence-corrected chi connectivity index (χ4v) is 8.24. The third kappa shape index (κ3) is 4.46. The van der Waals surface area contributed by atoms with Gasteiger partial charge in [-0.05, 0) is 62.7 Å². The van der Waals surface area contributed by atoms with Crippen LogP contribution >= 0.6 is 11.6 Å². The first kappa shape index (κ1) is 28.1. The Balaban J connectivity index is 1.29. The topological polar surface area (TPSA) is 86.6 Å². The number of halogens is 4. The third-order valence-electron chi connectivity index (χ3n) is 9.92. The quantitative estimate of drug-likeness (QED) is 0.293. The SMILES string of the molecule is Cc1nc(-c2cc(O)cc3ccc(F)c(Cl)c23)c(F)c2nc(OC[C@@]34CCCN3C[C@H](F)C4)nc(N3CC4CCC(C3)N4)c12. The first-order valence-electron chi connectivity index (χ1n) is 15.2. The molecule has 2 bridgehead atoms. The Morgan fingerprint density at radius 1 is 1.09 bits per heavy atom. The minimum Gasteiger partial charge on any atom is -0.508 e. The van der Waals surface area contributed by atoms with E-state index >= 15 is 4.39 Å². The minimum atomic E-state index is -0.911. The van der Waals surface area contributed by atoms with Gasteiger partial charge in [-0.2, -0.15) is 9.97 Å². The molecule has 2 N–H and O–H groups in total. The standard InChI is InChI=1S/C32H32ClF3N6O2/c1-16-24-29(27(36)28(37-16)22-10-21(43)9-17-3-6-23(35)26(33)25(17)22)39-31(40-30(24)41-13-19-4-5-20(14-41)38-19)44-15-32-7-2-8-42(32)12-18(34)11-32/h3,6,9-10,18-20,38,43H,2,4-5,7-8,11-15H2,1H3/t18-,19?,20?,32+/m1/s1. The lowest BCUT2D eigenvalue weighted by atomic mass is 9.95. The Morgan fingerprint density at radius 3 is 2.68 bits per heavy atom. The van der Waals surface area contributed by atoms with Gasteiger partial charge in [-0.1, -0.05) is 17.7 Å². The predicted molar refractivity (Wildman–Crippen MR) is 162 cm³/mol. The average Bonchev–Trinajstić information content (AvgIpc) is 3.65. The zero-order chi connectivity index (χ0) is 30.3. The summed E-state index contributed by atoms with van der Waals surface area (Å²) in [4.78, 5) is 18.4. The molecule has 8 rings (SSSR count). The number of nitrogens with zero attached hydrogens (tertiary/aromatic N) is 5. The van der Waals surface area contributed by atoms with Crippen molar-refractivity contribution in [2.75, 3.05) is 37.7 Å². The number of hydrogen-bond acceptors (Lipinski definition) is 8. The Morgan fingerprint density at radius 2 is 1.89 bits per heavy atom. The molecular formula is C32H32ClF3N6O2. The average molecular weight is 625 g/mol. The highest BCUT2D eigenvalue weighted by atomic mass is 35.5. The molecule has 0 aliphatic carbocycles. The van der Waals surface area contributed by atoms with Gasteiger partial charge in [-0.15, -0.1) is 0 Å². The van der Waals surface area contributed by atoms with Crippen molar-refractivity contribution in [2.45, 2.75) is 62.8 Å². The zero-order valence-corrected chi connectivity index (χ0v) is 25.0. The predicted octanol–water partition coefficient (Wildman–Crippen LogP) is 5.69. The fraction of sp³-hybridized carbons (Fsp3) is 0.469. The number of piperazine rings is 1. The smallest absolute Gasteiger partial charge is 0.319 e. The lowest BCUT2D eigenvalue weighted by Gasteiger charge is -2.35. The van der Waals surface area contributed by atoms with E-state index in [1.807, 2.05) is 0 Å². The maximum atomic E-state index is 16.8. The highest BCUT2D eigenvalue weighted by Gasteiger charge is 2.49. The third-order valence-corrected chi connectivity index (χ3v) is 10.3. The van der Waals surface area contributed by atoms with Crippen molar-refractivity contribution in [3.63, 3.8) is 0 Å². The molecule has 4 aliphatic rings. The Hall–Kier alpha value is -3.41. The summed E-state index contributed by atoms with van der Waals surface area (Å²) in [6.45, 7) is 4.56. The molecule has 0 saturated carbocycles. The summed E-state index contributed by atoms with van der Waals surface area (Å²) in [6.07, 6.45) is 3.36. The van der Waals surface area contributed by atoms with Crippen LogP contribution in [-0.4, -0.2) is 81.5 Å². The number of phenolic OH excluding ortho intramolecular Hbond substituents is 1. The lowest BCUT2D eigenvalue weighted by Crippen LogP contribution is -2.51. The van der Waals surface area contributed by atoms with E-state index in [0.717, 1.165) is 32.2 Å². The maximum Gasteiger partial charge on any atom is 0.319 e. The van der Waals surface area contributed by atoms with E-state index in [4.69, 9.17) is 21.3 Å². The lowest BCUT2D eigenvalue weighted by molar-refractivity contribution is 0.107. The number of ether oxygens (including phenoxy) is 1. The van der Waals surface area contributed by atoms with Crippen LogP contribution in [0.4, 0.5) is 19.0 Å². The second kappa shape index (κ2) is 10.3. The van der Waals surface area contributed by atoms with Gasteiger partial charge in [-0.3, -0.25) is 4.90 Å². The number of phenols is 1. The summed E-state index contributed by atoms with van der Waals surface area (Å²) in [6, 6.07) is 6.06. The molecule has 6 heterocycles. The summed E-state index contributed by atoms with van der Waals surface area (Å²) < 4.78 is 52.1. The summed E-state index contributed by atoms with van der Waals surface area (Å²) in [5.74, 6) is -1.02. The van der Waals surface area contributed by atoms with E-state index in [2.05, 4.69) is 25.1 Å². The molecule has 0 spiro atoms. The van der Waals surface area contributed by atoms with Gasteiger partial charge in [0.05, 0.1) is 21.6 Å². The number of fused-ring (bicyclic) bond motifs is 5. The normalized spacial score (nSPS) is 26.7. The van der Waals surface area contributed by atoms with Crippen molar-refractivity contribution in [1.82, 2.24) is 25.2 Å². The first-order valence-corrected chi connectivity index (χ1v) is 15.6. The van der Waals surface area contributed by atoms with Gasteiger partial charge in [0.1, 0.15) is 41.4 Å². The van der Waals surface area contributed by atoms with Gasteiger partial charge >= 0.3 is 6.01 Å². The molecule has 0 radical (unpaired) electrons. The second-order valence-corrected chi connectivity index (χ2v) is 13.2. The van der Waals surface area contributed by atoms with Gasteiger partial charge in [0.2, 0.25) is 0 Å². The zero-order valence-electron chi connectivity index (χ0n) is 24.2. The number of anilines is 1. The number of pyridine rings is 1. The number of hydrogen-bond donors (Lipinski definition) is 2. The van der Waals surface area contributed by atoms with Gasteiger partial charge in [-0.25, -0.2) is 18.2 Å². The minimum absolute atomic E-state index is 0.0120. The fourth-order valence-electron chi connectivity index (χ4n) is 7.96. The molecule has 4 saturated heterocycles. The molecule has 12 heteroatoms. The van der Waals surface area contributed by atoms with Crippen LogP contribution in [0.15, 0.2) is 24.3 Å². The molecular weight excluding hydrogens is 593 g/mol. The van der Waals surface area contributed by atoms with Crippen molar-refractivity contribution in [3.8, 4) is 23.0 Å². The summed E-state index contributed by atoms with van der Waals surface area (Å²) in [5, 5.41) is 15.1. The van der Waals surface area contributed by atoms with Gasteiger partial charge in [0.15, 0.2) is 5.82 Å². The molecule has 2 unspecified atom stereocenters. The van der Waals surface area contributed by atoms with E-state index in [0.29, 0.717) is 60.4 Å².